The first-order valence-electron chi connectivity index (χ1n) is 12.8. The number of hydrogen-bond acceptors (Lipinski definition) is 11. The van der Waals surface area contributed by atoms with E-state index in [1.165, 1.54) is 13.2 Å². The predicted molar refractivity (Wildman–Crippen MR) is 133 cm³/mol. The molecule has 1 aliphatic carbocycles. The van der Waals surface area contributed by atoms with Gasteiger partial charge in [-0.15, -0.1) is 0 Å². The predicted octanol–water partition coefficient (Wildman–Crippen LogP) is 1.98. The smallest absolute Gasteiger partial charge is 0.345 e. The van der Waals surface area contributed by atoms with E-state index in [1.807, 2.05) is 21.6 Å². The number of carbonyl (C=O) groups is 3. The molecule has 1 aromatic rings. The normalized spacial score (nSPS) is 22.7. The Morgan fingerprint density at radius 2 is 1.21 bits per heavy atom. The topological polar surface area (TPSA) is 106 Å². The fourth-order valence-electron chi connectivity index (χ4n) is 4.80. The van der Waals surface area contributed by atoms with Gasteiger partial charge in [0.1, 0.15) is 11.4 Å². The summed E-state index contributed by atoms with van der Waals surface area (Å²) in [5, 5.41) is 0. The molecule has 0 radical (unpaired) electrons. The summed E-state index contributed by atoms with van der Waals surface area (Å²) in [6.07, 6.45) is 1.52. The van der Waals surface area contributed by atoms with Crippen molar-refractivity contribution in [3.05, 3.63) is 34.3 Å². The highest BCUT2D eigenvalue weighted by molar-refractivity contribution is 6.22. The van der Waals surface area contributed by atoms with Gasteiger partial charge in [-0.05, 0) is 6.92 Å². The Kier molecular flexibility index (Phi) is 5.18. The molecule has 6 aliphatic rings. The van der Waals surface area contributed by atoms with E-state index in [0.717, 1.165) is 44.8 Å². The summed E-state index contributed by atoms with van der Waals surface area (Å²) in [6, 6.07) is 0. The Morgan fingerprint density at radius 1 is 0.763 bits per heavy atom. The van der Waals surface area contributed by atoms with E-state index in [9.17, 15) is 14.4 Å². The van der Waals surface area contributed by atoms with Gasteiger partial charge in [-0.2, -0.15) is 0 Å². The number of carbonyl (C=O) groups excluding carboxylic acids is 3. The SMILES string of the molecule is COC(=O)c1c2c(c(C)c3c1OC(C)(C)O3)OC(C)(C)O2.O=C1C=C(N2CC2)C(=O)C(N2CC2)=C1N1CC1. The van der Waals surface area contributed by atoms with Crippen molar-refractivity contribution in [2.75, 3.05) is 46.4 Å². The molecule has 0 saturated carbocycles. The minimum atomic E-state index is -0.861. The quantitative estimate of drug-likeness (QED) is 0.327. The minimum absolute atomic E-state index is 0.00546. The Bertz CT molecular complexity index is 1300. The van der Waals surface area contributed by atoms with Crippen molar-refractivity contribution in [1.82, 2.24) is 14.7 Å². The Morgan fingerprint density at radius 3 is 1.66 bits per heavy atom. The van der Waals surface area contributed by atoms with Crippen LogP contribution < -0.4 is 18.9 Å². The molecule has 1 aromatic carbocycles. The lowest BCUT2D eigenvalue weighted by molar-refractivity contribution is -0.117. The average molecular weight is 526 g/mol. The molecule has 3 saturated heterocycles. The molecule has 0 aromatic heterocycles. The van der Waals surface area contributed by atoms with Crippen LogP contribution in [0, 0.1) is 6.92 Å². The number of Topliss-reactive ketones (excluding diaryl/α,β-unsaturated/α-hetero) is 1. The van der Waals surface area contributed by atoms with Gasteiger partial charge in [-0.3, -0.25) is 9.59 Å². The third-order valence-electron chi connectivity index (χ3n) is 6.82. The number of fused-ring (bicyclic) bond motifs is 2. The molecule has 0 unspecified atom stereocenters. The lowest BCUT2D eigenvalue weighted by Crippen LogP contribution is -2.31. The number of rotatable bonds is 4. The standard InChI is InChI=1S/C15H18O6.C12H13N3O2/c1-7-9-11(20-14(2,3)18-9)8(13(16)17-6)12-10(7)19-15(4,5)21-12;16-9-7-8(13-1-2-13)12(17)11(15-5-6-15)10(9)14-3-4-14/h1-6H3;7H,1-6H2. The lowest BCUT2D eigenvalue weighted by atomic mass is 10.0. The number of nitrogens with zero attached hydrogens (tertiary/aromatic N) is 3. The van der Waals surface area contributed by atoms with Crippen LogP contribution >= 0.6 is 0 Å². The summed E-state index contributed by atoms with van der Waals surface area (Å²) in [5.41, 5.74) is 2.82. The minimum Gasteiger partial charge on any atom is -0.465 e. The summed E-state index contributed by atoms with van der Waals surface area (Å²) in [5.74, 6) is -0.576. The number of hydrogen-bond donors (Lipinski definition) is 0. The summed E-state index contributed by atoms with van der Waals surface area (Å²) < 4.78 is 28.0. The van der Waals surface area contributed by atoms with Crippen LogP contribution in [-0.2, 0) is 14.3 Å². The van der Waals surface area contributed by atoms with Crippen molar-refractivity contribution in [1.29, 1.82) is 0 Å². The van der Waals surface area contributed by atoms with E-state index in [4.69, 9.17) is 23.7 Å². The monoisotopic (exact) mass is 525 g/mol. The highest BCUT2D eigenvalue weighted by Crippen LogP contribution is 2.56. The maximum atomic E-state index is 12.4. The van der Waals surface area contributed by atoms with Gasteiger partial charge < -0.3 is 38.4 Å². The number of methoxy groups -OCH3 is 1. The molecule has 0 N–H and O–H groups in total. The highest BCUT2D eigenvalue weighted by atomic mass is 16.7. The van der Waals surface area contributed by atoms with Crippen LogP contribution in [0.3, 0.4) is 0 Å². The van der Waals surface area contributed by atoms with E-state index in [-0.39, 0.29) is 17.1 Å². The molecule has 5 aliphatic heterocycles. The van der Waals surface area contributed by atoms with Crippen molar-refractivity contribution in [2.45, 2.75) is 46.2 Å². The zero-order valence-corrected chi connectivity index (χ0v) is 22.4. The summed E-state index contributed by atoms with van der Waals surface area (Å²) in [4.78, 5) is 42.6. The third-order valence-corrected chi connectivity index (χ3v) is 6.82. The average Bonchev–Trinajstić information content (AvgIpc) is 3.71. The first-order chi connectivity index (χ1) is 17.9. The fraction of sp³-hybridized carbons (Fsp3) is 0.519. The second-order valence-electron chi connectivity index (χ2n) is 10.9. The molecule has 0 spiro atoms. The van der Waals surface area contributed by atoms with Gasteiger partial charge in [-0.25, -0.2) is 4.79 Å². The number of benzene rings is 1. The molecule has 5 heterocycles. The Labute approximate surface area is 220 Å². The summed E-state index contributed by atoms with van der Waals surface area (Å²) >= 11 is 0. The zero-order chi connectivity index (χ0) is 27.1. The van der Waals surface area contributed by atoms with E-state index in [2.05, 4.69) is 0 Å². The number of ketones is 2. The van der Waals surface area contributed by atoms with Gasteiger partial charge in [0.15, 0.2) is 28.6 Å². The second kappa shape index (κ2) is 8.05. The third kappa shape index (κ3) is 4.10. The van der Waals surface area contributed by atoms with Gasteiger partial charge in [0.25, 0.3) is 0 Å². The number of allylic oxidation sites excluding steroid dienone is 1. The molecular formula is C27H31N3O8. The van der Waals surface area contributed by atoms with Gasteiger partial charge in [-0.1, -0.05) is 0 Å². The van der Waals surface area contributed by atoms with Gasteiger partial charge >= 0.3 is 5.97 Å². The van der Waals surface area contributed by atoms with Gasteiger partial charge in [0, 0.05) is 78.6 Å². The molecular weight excluding hydrogens is 494 g/mol. The molecule has 0 bridgehead atoms. The molecule has 11 heteroatoms. The molecule has 202 valence electrons. The number of ether oxygens (including phenoxy) is 5. The van der Waals surface area contributed by atoms with Gasteiger partial charge in [0.05, 0.1) is 12.8 Å². The maximum Gasteiger partial charge on any atom is 0.345 e. The van der Waals surface area contributed by atoms with Crippen LogP contribution in [0.2, 0.25) is 0 Å². The van der Waals surface area contributed by atoms with Crippen LogP contribution in [0.5, 0.6) is 23.0 Å². The van der Waals surface area contributed by atoms with E-state index < -0.39 is 17.5 Å². The first-order valence-corrected chi connectivity index (χ1v) is 12.8. The largest absolute Gasteiger partial charge is 0.465 e. The van der Waals surface area contributed by atoms with Crippen LogP contribution in [0.1, 0.15) is 43.6 Å². The van der Waals surface area contributed by atoms with Crippen LogP contribution in [-0.4, -0.2) is 90.2 Å². The van der Waals surface area contributed by atoms with Crippen molar-refractivity contribution < 1.29 is 38.1 Å². The van der Waals surface area contributed by atoms with Crippen molar-refractivity contribution >= 4 is 17.5 Å². The maximum absolute atomic E-state index is 12.4. The van der Waals surface area contributed by atoms with Crippen LogP contribution in [0.4, 0.5) is 0 Å². The fourth-order valence-corrected chi connectivity index (χ4v) is 4.80. The summed E-state index contributed by atoms with van der Waals surface area (Å²) in [6.45, 7) is 14.3. The molecule has 0 atom stereocenters. The lowest BCUT2D eigenvalue weighted by Gasteiger charge is -2.21. The van der Waals surface area contributed by atoms with Crippen molar-refractivity contribution in [2.24, 2.45) is 0 Å². The van der Waals surface area contributed by atoms with E-state index >= 15 is 0 Å². The van der Waals surface area contributed by atoms with Crippen LogP contribution in [0.25, 0.3) is 0 Å². The van der Waals surface area contributed by atoms with Gasteiger partial charge in [0.2, 0.25) is 23.1 Å². The highest BCUT2D eigenvalue weighted by Gasteiger charge is 2.46. The summed E-state index contributed by atoms with van der Waals surface area (Å²) in [7, 11) is 1.31. The second-order valence-corrected chi connectivity index (χ2v) is 10.9. The van der Waals surface area contributed by atoms with E-state index in [1.54, 1.807) is 27.7 Å². The molecule has 38 heavy (non-hydrogen) atoms. The molecule has 0 amide bonds. The van der Waals surface area contributed by atoms with Crippen LogP contribution in [0.15, 0.2) is 23.2 Å². The first kappa shape index (κ1) is 24.4. The Hall–Kier alpha value is -3.89. The molecule has 7 rings (SSSR count). The van der Waals surface area contributed by atoms with Crippen molar-refractivity contribution in [3.63, 3.8) is 0 Å². The Balaban J connectivity index is 0.000000142. The zero-order valence-electron chi connectivity index (χ0n) is 22.4. The number of esters is 1. The molecule has 3 fully saturated rings. The van der Waals surface area contributed by atoms with E-state index in [0.29, 0.717) is 40.1 Å². The van der Waals surface area contributed by atoms with Crippen molar-refractivity contribution in [3.8, 4) is 23.0 Å². The molecule has 11 nitrogen and oxygen atoms in total.